The van der Waals surface area contributed by atoms with E-state index in [1.165, 1.54) is 0 Å². The van der Waals surface area contributed by atoms with Gasteiger partial charge in [0.15, 0.2) is 17.3 Å². The number of nitro benzene ring substituents is 2. The maximum absolute atomic E-state index is 12.5. The molecule has 2 aromatic carbocycles. The zero-order chi connectivity index (χ0) is 17.8. The first-order chi connectivity index (χ1) is 11.2. The van der Waals surface area contributed by atoms with Crippen LogP contribution in [0.5, 0.6) is 11.5 Å². The SMILES string of the molecule is O=C1c2ccc([N+](=O)[O-])cc2C(=O)c2c1cc(O)c([N+](=O)[O-])c2O. The maximum atomic E-state index is 12.5. The van der Waals surface area contributed by atoms with Crippen molar-refractivity contribution in [2.75, 3.05) is 0 Å². The largest absolute Gasteiger partial charge is 0.502 e. The van der Waals surface area contributed by atoms with Crippen molar-refractivity contribution in [3.05, 3.63) is 66.7 Å². The molecule has 0 bridgehead atoms. The first-order valence-electron chi connectivity index (χ1n) is 6.35. The molecular formula is C14H6N2O8. The molecule has 2 N–H and O–H groups in total. The van der Waals surface area contributed by atoms with E-state index in [1.807, 2.05) is 0 Å². The molecule has 10 heteroatoms. The van der Waals surface area contributed by atoms with Crippen molar-refractivity contribution in [2.24, 2.45) is 0 Å². The lowest BCUT2D eigenvalue weighted by atomic mass is 9.83. The van der Waals surface area contributed by atoms with Crippen LogP contribution in [0.15, 0.2) is 24.3 Å². The number of aromatic hydroxyl groups is 2. The summed E-state index contributed by atoms with van der Waals surface area (Å²) in [7, 11) is 0. The predicted octanol–water partition coefficient (Wildman–Crippen LogP) is 1.69. The Morgan fingerprint density at radius 1 is 0.833 bits per heavy atom. The Balaban J connectivity index is 2.34. The number of benzene rings is 2. The second kappa shape index (κ2) is 4.84. The Morgan fingerprint density at radius 3 is 2.08 bits per heavy atom. The van der Waals surface area contributed by atoms with Crippen LogP contribution in [0.3, 0.4) is 0 Å². The second-order valence-corrected chi connectivity index (χ2v) is 4.92. The van der Waals surface area contributed by atoms with Gasteiger partial charge in [-0.25, -0.2) is 0 Å². The predicted molar refractivity (Wildman–Crippen MR) is 76.4 cm³/mol. The number of carbonyl (C=O) groups excluding carboxylic acids is 2. The van der Waals surface area contributed by atoms with E-state index in [4.69, 9.17) is 0 Å². The van der Waals surface area contributed by atoms with E-state index >= 15 is 0 Å². The molecule has 0 saturated heterocycles. The third-order valence-corrected chi connectivity index (χ3v) is 3.61. The van der Waals surface area contributed by atoms with E-state index in [9.17, 15) is 40.0 Å². The Labute approximate surface area is 131 Å². The molecular weight excluding hydrogens is 324 g/mol. The quantitative estimate of drug-likeness (QED) is 0.530. The minimum Gasteiger partial charge on any atom is -0.502 e. The van der Waals surface area contributed by atoms with E-state index in [1.54, 1.807) is 0 Å². The lowest BCUT2D eigenvalue weighted by Crippen LogP contribution is -2.21. The van der Waals surface area contributed by atoms with Gasteiger partial charge in [-0.05, 0) is 12.1 Å². The normalized spacial score (nSPS) is 12.5. The zero-order valence-electron chi connectivity index (χ0n) is 11.5. The van der Waals surface area contributed by atoms with Crippen molar-refractivity contribution in [3.8, 4) is 11.5 Å². The highest BCUT2D eigenvalue weighted by Gasteiger charge is 2.38. The van der Waals surface area contributed by atoms with Crippen LogP contribution in [0.25, 0.3) is 0 Å². The number of non-ortho nitro benzene ring substituents is 1. The molecule has 0 saturated carbocycles. The Bertz CT molecular complexity index is 979. The van der Waals surface area contributed by atoms with Gasteiger partial charge in [0.05, 0.1) is 15.4 Å². The summed E-state index contributed by atoms with van der Waals surface area (Å²) in [4.78, 5) is 44.7. The molecule has 0 amide bonds. The zero-order valence-corrected chi connectivity index (χ0v) is 11.5. The first-order valence-corrected chi connectivity index (χ1v) is 6.35. The molecule has 120 valence electrons. The summed E-state index contributed by atoms with van der Waals surface area (Å²) in [6.07, 6.45) is 0. The number of hydrogen-bond donors (Lipinski definition) is 2. The molecule has 0 heterocycles. The molecule has 0 spiro atoms. The van der Waals surface area contributed by atoms with Crippen molar-refractivity contribution < 1.29 is 29.6 Å². The van der Waals surface area contributed by atoms with E-state index < -0.39 is 55.4 Å². The molecule has 3 rings (SSSR count). The van der Waals surface area contributed by atoms with Crippen LogP contribution in [-0.4, -0.2) is 31.6 Å². The molecule has 0 fully saturated rings. The van der Waals surface area contributed by atoms with E-state index in [-0.39, 0.29) is 11.1 Å². The molecule has 1 aliphatic rings. The highest BCUT2D eigenvalue weighted by molar-refractivity contribution is 6.30. The van der Waals surface area contributed by atoms with Crippen LogP contribution in [0.1, 0.15) is 31.8 Å². The van der Waals surface area contributed by atoms with Crippen LogP contribution in [0.4, 0.5) is 11.4 Å². The van der Waals surface area contributed by atoms with E-state index in [2.05, 4.69) is 0 Å². The highest BCUT2D eigenvalue weighted by Crippen LogP contribution is 2.44. The Hall–Kier alpha value is -3.82. The molecule has 0 atom stereocenters. The molecule has 0 unspecified atom stereocenters. The number of fused-ring (bicyclic) bond motifs is 2. The van der Waals surface area contributed by atoms with Crippen molar-refractivity contribution >= 4 is 22.9 Å². The summed E-state index contributed by atoms with van der Waals surface area (Å²) in [5.41, 5.74) is -3.17. The van der Waals surface area contributed by atoms with Crippen molar-refractivity contribution in [2.45, 2.75) is 0 Å². The lowest BCUT2D eigenvalue weighted by Gasteiger charge is -2.18. The first kappa shape index (κ1) is 15.1. The second-order valence-electron chi connectivity index (χ2n) is 4.92. The number of nitrogens with zero attached hydrogens (tertiary/aromatic N) is 2. The average Bonchev–Trinajstić information content (AvgIpc) is 2.51. The van der Waals surface area contributed by atoms with E-state index in [0.717, 1.165) is 24.3 Å². The fraction of sp³-hybridized carbons (Fsp3) is 0. The van der Waals surface area contributed by atoms with Gasteiger partial charge in [0.25, 0.3) is 5.69 Å². The van der Waals surface area contributed by atoms with Gasteiger partial charge in [0.1, 0.15) is 0 Å². The molecule has 10 nitrogen and oxygen atoms in total. The third-order valence-electron chi connectivity index (χ3n) is 3.61. The number of carbonyl (C=O) groups is 2. The van der Waals surface area contributed by atoms with Crippen molar-refractivity contribution in [1.29, 1.82) is 0 Å². The van der Waals surface area contributed by atoms with Crippen LogP contribution in [0, 0.1) is 20.2 Å². The number of hydrogen-bond acceptors (Lipinski definition) is 8. The van der Waals surface area contributed by atoms with Crippen LogP contribution >= 0.6 is 0 Å². The monoisotopic (exact) mass is 330 g/mol. The van der Waals surface area contributed by atoms with Gasteiger partial charge in [-0.1, -0.05) is 0 Å². The minimum absolute atomic E-state index is 0.161. The maximum Gasteiger partial charge on any atom is 0.352 e. The number of nitro groups is 2. The molecule has 24 heavy (non-hydrogen) atoms. The van der Waals surface area contributed by atoms with Gasteiger partial charge in [-0.2, -0.15) is 0 Å². The van der Waals surface area contributed by atoms with Crippen LogP contribution in [0.2, 0.25) is 0 Å². The summed E-state index contributed by atoms with van der Waals surface area (Å²) in [6.45, 7) is 0. The van der Waals surface area contributed by atoms with Crippen LogP contribution in [-0.2, 0) is 0 Å². The highest BCUT2D eigenvalue weighted by atomic mass is 16.6. The van der Waals surface area contributed by atoms with Crippen LogP contribution < -0.4 is 0 Å². The van der Waals surface area contributed by atoms with Gasteiger partial charge in [0.2, 0.25) is 5.75 Å². The average molecular weight is 330 g/mol. The fourth-order valence-electron chi connectivity index (χ4n) is 2.54. The Kier molecular flexibility index (Phi) is 3.04. The molecule has 0 aliphatic heterocycles. The van der Waals surface area contributed by atoms with Gasteiger partial charge >= 0.3 is 5.69 Å². The molecule has 1 aliphatic carbocycles. The molecule has 2 aromatic rings. The van der Waals surface area contributed by atoms with Gasteiger partial charge in [-0.3, -0.25) is 29.8 Å². The van der Waals surface area contributed by atoms with E-state index in [0.29, 0.717) is 0 Å². The van der Waals surface area contributed by atoms with Gasteiger partial charge < -0.3 is 10.2 Å². The number of phenols is 2. The number of ketones is 2. The number of phenolic OH excluding ortho intramolecular Hbond substituents is 2. The summed E-state index contributed by atoms with van der Waals surface area (Å²) in [5, 5.41) is 41.3. The third kappa shape index (κ3) is 1.90. The number of rotatable bonds is 2. The standard InChI is InChI=1S/C14H6N2O8/c17-9-4-8-10(14(20)11(9)16(23)24)13(19)7-3-5(15(21)22)1-2-6(7)12(8)18/h1-4,17,20H. The topological polar surface area (TPSA) is 161 Å². The molecule has 0 aromatic heterocycles. The van der Waals surface area contributed by atoms with Crippen molar-refractivity contribution in [3.63, 3.8) is 0 Å². The lowest BCUT2D eigenvalue weighted by molar-refractivity contribution is -0.386. The van der Waals surface area contributed by atoms with Gasteiger partial charge in [-0.15, -0.1) is 0 Å². The summed E-state index contributed by atoms with van der Waals surface area (Å²) in [5.74, 6) is -3.91. The van der Waals surface area contributed by atoms with Crippen molar-refractivity contribution in [1.82, 2.24) is 0 Å². The summed E-state index contributed by atoms with van der Waals surface area (Å²) >= 11 is 0. The smallest absolute Gasteiger partial charge is 0.352 e. The summed E-state index contributed by atoms with van der Waals surface area (Å²) < 4.78 is 0. The minimum atomic E-state index is -1.16. The molecule has 0 radical (unpaired) electrons. The summed E-state index contributed by atoms with van der Waals surface area (Å²) in [6, 6.07) is 3.68. The Morgan fingerprint density at radius 2 is 1.50 bits per heavy atom. The fourth-order valence-corrected chi connectivity index (χ4v) is 2.54. The van der Waals surface area contributed by atoms with Gasteiger partial charge in [0, 0.05) is 28.8 Å².